The van der Waals surface area contributed by atoms with Gasteiger partial charge in [-0.15, -0.1) is 0 Å². The maximum atomic E-state index is 6.10. The third kappa shape index (κ3) is 4.12. The van der Waals surface area contributed by atoms with E-state index in [0.29, 0.717) is 22.9 Å². The van der Waals surface area contributed by atoms with Gasteiger partial charge >= 0.3 is 0 Å². The molecule has 5 nitrogen and oxygen atoms in total. The molecule has 0 amide bonds. The van der Waals surface area contributed by atoms with Crippen molar-refractivity contribution in [1.29, 1.82) is 0 Å². The first-order chi connectivity index (χ1) is 11.2. The summed E-state index contributed by atoms with van der Waals surface area (Å²) in [6, 6.07) is 15.6. The van der Waals surface area contributed by atoms with E-state index < -0.39 is 0 Å². The van der Waals surface area contributed by atoms with Crippen molar-refractivity contribution in [3.05, 3.63) is 75.8 Å². The van der Waals surface area contributed by atoms with Crippen LogP contribution in [-0.4, -0.2) is 14.9 Å². The predicted molar refractivity (Wildman–Crippen MR) is 92.7 cm³/mol. The molecular formula is C16H15ClN4OS. The highest BCUT2D eigenvalue weighted by molar-refractivity contribution is 7.71. The zero-order valence-electron chi connectivity index (χ0n) is 12.2. The topological polar surface area (TPSA) is 54.9 Å². The molecule has 0 radical (unpaired) electrons. The van der Waals surface area contributed by atoms with Crippen LogP contribution in [0.1, 0.15) is 11.1 Å². The van der Waals surface area contributed by atoms with Gasteiger partial charge in [0.1, 0.15) is 18.7 Å². The second kappa shape index (κ2) is 7.30. The number of hydrogen-bond donors (Lipinski definition) is 2. The molecule has 7 heteroatoms. The van der Waals surface area contributed by atoms with Gasteiger partial charge in [0, 0.05) is 10.6 Å². The number of nitrogens with zero attached hydrogens (tertiary/aromatic N) is 2. The highest BCUT2D eigenvalue weighted by Crippen LogP contribution is 2.24. The molecule has 1 heterocycles. The number of aromatic nitrogens is 3. The molecule has 0 aliphatic carbocycles. The molecule has 3 rings (SSSR count). The summed E-state index contributed by atoms with van der Waals surface area (Å²) in [6.45, 7) is 1.01. The summed E-state index contributed by atoms with van der Waals surface area (Å²) in [6.07, 6.45) is 1.58. The van der Waals surface area contributed by atoms with Crippen molar-refractivity contribution in [3.8, 4) is 5.75 Å². The first-order valence-corrected chi connectivity index (χ1v) is 7.82. The van der Waals surface area contributed by atoms with Crippen molar-refractivity contribution in [2.45, 2.75) is 13.2 Å². The minimum absolute atomic E-state index is 0.499. The molecule has 118 valence electrons. The van der Waals surface area contributed by atoms with Crippen LogP contribution in [0.2, 0.25) is 5.02 Å². The Kier molecular flexibility index (Phi) is 4.95. The van der Waals surface area contributed by atoms with E-state index in [1.807, 2.05) is 48.5 Å². The van der Waals surface area contributed by atoms with Gasteiger partial charge in [0.25, 0.3) is 0 Å². The zero-order valence-corrected chi connectivity index (χ0v) is 13.8. The lowest BCUT2D eigenvalue weighted by Crippen LogP contribution is -2.14. The first-order valence-electron chi connectivity index (χ1n) is 7.03. The van der Waals surface area contributed by atoms with Gasteiger partial charge in [-0.05, 0) is 36.0 Å². The summed E-state index contributed by atoms with van der Waals surface area (Å²) in [4.78, 5) is 0. The molecule has 3 aromatic rings. The molecule has 2 N–H and O–H groups in total. The number of nitrogens with one attached hydrogen (secondary N) is 2. The smallest absolute Gasteiger partial charge is 0.214 e. The average molecular weight is 347 g/mol. The highest BCUT2D eigenvalue weighted by Gasteiger charge is 2.06. The molecular weight excluding hydrogens is 332 g/mol. The number of benzene rings is 2. The minimum Gasteiger partial charge on any atom is -0.489 e. The fourth-order valence-electron chi connectivity index (χ4n) is 2.09. The molecule has 0 atom stereocenters. The summed E-state index contributed by atoms with van der Waals surface area (Å²) < 4.78 is 8.06. The SMILES string of the molecule is S=c1[nH]ncn1NCc1cc(Cl)ccc1OCc1ccccc1. The van der Waals surface area contributed by atoms with Crippen molar-refractivity contribution >= 4 is 23.8 Å². The normalized spacial score (nSPS) is 10.5. The van der Waals surface area contributed by atoms with E-state index in [0.717, 1.165) is 16.9 Å². The van der Waals surface area contributed by atoms with E-state index in [9.17, 15) is 0 Å². The van der Waals surface area contributed by atoms with Gasteiger partial charge in [0.05, 0.1) is 6.54 Å². The number of hydrogen-bond acceptors (Lipinski definition) is 4. The number of H-pyrrole nitrogens is 1. The van der Waals surface area contributed by atoms with Gasteiger partial charge < -0.3 is 10.2 Å². The Labute approximate surface area is 143 Å². The van der Waals surface area contributed by atoms with Crippen LogP contribution < -0.4 is 10.2 Å². The number of halogens is 1. The van der Waals surface area contributed by atoms with Crippen LogP contribution in [0.15, 0.2) is 54.9 Å². The van der Waals surface area contributed by atoms with Gasteiger partial charge in [-0.25, -0.2) is 4.68 Å². The van der Waals surface area contributed by atoms with Crippen LogP contribution in [-0.2, 0) is 13.2 Å². The molecule has 0 aliphatic rings. The largest absolute Gasteiger partial charge is 0.489 e. The van der Waals surface area contributed by atoms with Gasteiger partial charge in [-0.1, -0.05) is 41.9 Å². The van der Waals surface area contributed by atoms with E-state index in [-0.39, 0.29) is 0 Å². The molecule has 0 saturated carbocycles. The third-order valence-electron chi connectivity index (χ3n) is 3.25. The Morgan fingerprint density at radius 2 is 2.04 bits per heavy atom. The molecule has 0 spiro atoms. The standard InChI is InChI=1S/C16H15ClN4OS/c17-14-6-7-15(22-10-12-4-2-1-3-5-12)13(8-14)9-19-21-11-18-20-16(21)23/h1-8,11,19H,9-10H2,(H,20,23). The Bertz CT molecular complexity index is 831. The molecule has 0 saturated heterocycles. The molecule has 0 bridgehead atoms. The number of ether oxygens (including phenoxy) is 1. The monoisotopic (exact) mass is 346 g/mol. The van der Waals surface area contributed by atoms with Gasteiger partial charge in [-0.3, -0.25) is 5.10 Å². The summed E-state index contributed by atoms with van der Waals surface area (Å²) >= 11 is 11.2. The van der Waals surface area contributed by atoms with Gasteiger partial charge in [-0.2, -0.15) is 5.10 Å². The second-order valence-corrected chi connectivity index (χ2v) is 5.72. The maximum Gasteiger partial charge on any atom is 0.214 e. The molecule has 2 aromatic carbocycles. The quantitative estimate of drug-likeness (QED) is 0.664. The second-order valence-electron chi connectivity index (χ2n) is 4.89. The molecule has 23 heavy (non-hydrogen) atoms. The van der Waals surface area contributed by atoms with E-state index in [2.05, 4.69) is 15.6 Å². The van der Waals surface area contributed by atoms with Crippen LogP contribution in [0, 0.1) is 4.77 Å². The molecule has 0 fully saturated rings. The van der Waals surface area contributed by atoms with Crippen molar-refractivity contribution in [2.24, 2.45) is 0 Å². The summed E-state index contributed by atoms with van der Waals surface area (Å²) in [5, 5.41) is 7.21. The van der Waals surface area contributed by atoms with Crippen LogP contribution >= 0.6 is 23.8 Å². The Morgan fingerprint density at radius 3 is 2.78 bits per heavy atom. The van der Waals surface area contributed by atoms with E-state index in [4.69, 9.17) is 28.6 Å². The molecule has 1 aromatic heterocycles. The van der Waals surface area contributed by atoms with Crippen LogP contribution in [0.5, 0.6) is 5.75 Å². The average Bonchev–Trinajstić information content (AvgIpc) is 2.98. The molecule has 0 unspecified atom stereocenters. The number of aromatic amines is 1. The zero-order chi connectivity index (χ0) is 16.1. The van der Waals surface area contributed by atoms with E-state index in [1.165, 1.54) is 0 Å². The lowest BCUT2D eigenvalue weighted by molar-refractivity contribution is 0.303. The Balaban J connectivity index is 1.72. The third-order valence-corrected chi connectivity index (χ3v) is 3.77. The lowest BCUT2D eigenvalue weighted by Gasteiger charge is -2.13. The fourth-order valence-corrected chi connectivity index (χ4v) is 2.45. The van der Waals surface area contributed by atoms with E-state index >= 15 is 0 Å². The minimum atomic E-state index is 0.499. The molecule has 0 aliphatic heterocycles. The summed E-state index contributed by atoms with van der Waals surface area (Å²) in [5.74, 6) is 0.778. The van der Waals surface area contributed by atoms with E-state index in [1.54, 1.807) is 11.0 Å². The Hall–Kier alpha value is -2.31. The predicted octanol–water partition coefficient (Wildman–Crippen LogP) is 3.92. The van der Waals surface area contributed by atoms with Gasteiger partial charge in [0.2, 0.25) is 4.77 Å². The van der Waals surface area contributed by atoms with Crippen LogP contribution in [0.3, 0.4) is 0 Å². The first kappa shape index (κ1) is 15.6. The number of rotatable bonds is 6. The van der Waals surface area contributed by atoms with Crippen LogP contribution in [0.25, 0.3) is 0 Å². The van der Waals surface area contributed by atoms with Crippen LogP contribution in [0.4, 0.5) is 0 Å². The maximum absolute atomic E-state index is 6.10. The van der Waals surface area contributed by atoms with Crippen molar-refractivity contribution in [3.63, 3.8) is 0 Å². The van der Waals surface area contributed by atoms with Crippen molar-refractivity contribution in [2.75, 3.05) is 5.43 Å². The lowest BCUT2D eigenvalue weighted by atomic mass is 10.2. The fraction of sp³-hybridized carbons (Fsp3) is 0.125. The summed E-state index contributed by atoms with van der Waals surface area (Å²) in [7, 11) is 0. The van der Waals surface area contributed by atoms with Crippen molar-refractivity contribution < 1.29 is 4.74 Å². The summed E-state index contributed by atoms with van der Waals surface area (Å²) in [5.41, 5.74) is 5.21. The Morgan fingerprint density at radius 1 is 1.22 bits per heavy atom. The highest BCUT2D eigenvalue weighted by atomic mass is 35.5. The van der Waals surface area contributed by atoms with Gasteiger partial charge in [0.15, 0.2) is 0 Å². The van der Waals surface area contributed by atoms with Crippen molar-refractivity contribution in [1.82, 2.24) is 14.9 Å².